The Labute approximate surface area is 438 Å². The topological polar surface area (TPSA) is 89.4 Å². The van der Waals surface area contributed by atoms with E-state index in [-0.39, 0.29) is 29.2 Å². The fourth-order valence-electron chi connectivity index (χ4n) is 12.3. The van der Waals surface area contributed by atoms with E-state index in [2.05, 4.69) is 85.3 Å². The van der Waals surface area contributed by atoms with E-state index in [4.69, 9.17) is 0 Å². The van der Waals surface area contributed by atoms with Crippen LogP contribution in [0.25, 0.3) is 16.8 Å². The average molecular weight is 987 g/mol. The number of carbonyl (C=O) groups is 3. The summed E-state index contributed by atoms with van der Waals surface area (Å²) in [7, 11) is 0. The van der Waals surface area contributed by atoms with Crippen LogP contribution < -0.4 is 5.01 Å². The molecule has 1 aromatic heterocycles. The maximum atomic E-state index is 13.2. The smallest absolute Gasteiger partial charge is 0.168 e. The fraction of sp³-hybridized carbons (Fsp3) is 0.578. The number of likely N-dealkylation sites (tertiary alicyclic amines) is 3. The summed E-state index contributed by atoms with van der Waals surface area (Å²) in [4.78, 5) is 51.3. The molecule has 4 aliphatic heterocycles. The minimum Gasteiger partial charge on any atom is -0.302 e. The number of aromatic nitrogens is 1. The van der Waals surface area contributed by atoms with Gasteiger partial charge in [-0.2, -0.15) is 5.10 Å². The van der Waals surface area contributed by atoms with Crippen LogP contribution in [0.5, 0.6) is 0 Å². The number of nitrogens with zero attached hydrogens (tertiary/aromatic N) is 6. The number of para-hydroxylation sites is 1. The summed E-state index contributed by atoms with van der Waals surface area (Å²) in [6.07, 6.45) is 25.0. The number of anilines is 1. The predicted octanol–water partition coefficient (Wildman–Crippen LogP) is 12.7. The first-order valence-electron chi connectivity index (χ1n) is 29.1. The van der Waals surface area contributed by atoms with Gasteiger partial charge < -0.3 is 14.7 Å². The van der Waals surface area contributed by atoms with E-state index in [0.717, 1.165) is 116 Å². The molecule has 13 rings (SSSR count). The lowest BCUT2D eigenvalue weighted by atomic mass is 9.85. The van der Waals surface area contributed by atoms with Crippen molar-refractivity contribution in [2.24, 2.45) is 51.9 Å². The molecule has 9 aliphatic rings. The van der Waals surface area contributed by atoms with Gasteiger partial charge in [-0.05, 0) is 168 Å². The number of piperidine rings is 3. The number of fused-ring (bicyclic) bond motifs is 3. The second-order valence-corrected chi connectivity index (χ2v) is 22.7. The van der Waals surface area contributed by atoms with Crippen molar-refractivity contribution in [1.29, 1.82) is 0 Å². The number of hydrazone groups is 1. The lowest BCUT2D eigenvalue weighted by Crippen LogP contribution is -2.42. The van der Waals surface area contributed by atoms with Crippen molar-refractivity contribution in [3.63, 3.8) is 0 Å². The van der Waals surface area contributed by atoms with E-state index >= 15 is 0 Å². The van der Waals surface area contributed by atoms with Gasteiger partial charge in [-0.3, -0.25) is 24.4 Å². The third kappa shape index (κ3) is 13.4. The normalized spacial score (nSPS) is 27.3. The van der Waals surface area contributed by atoms with Gasteiger partial charge in [0.1, 0.15) is 0 Å². The predicted molar refractivity (Wildman–Crippen MR) is 300 cm³/mol. The van der Waals surface area contributed by atoms with Crippen LogP contribution in [-0.2, 0) is 11.2 Å². The average Bonchev–Trinajstić information content (AvgIpc) is 4.21. The highest BCUT2D eigenvalue weighted by Crippen LogP contribution is 2.55. The SMILES string of the molecule is CC.CC.CC1C=Cc2cc(C(=O)C3CCCN(CC4CC4)C3)cnc2C1.O=C(C1CCCN(CC2CC2)C1)C12C=NN(c3ccccc3)C1C2.O=C(c1cccc2ccccc12)C1CCCN(CC2CC2)C1. The van der Waals surface area contributed by atoms with E-state index in [1.165, 1.54) is 89.6 Å². The zero-order valence-corrected chi connectivity index (χ0v) is 45.1. The molecule has 0 spiro atoms. The van der Waals surface area contributed by atoms with Crippen molar-refractivity contribution >= 4 is 46.1 Å². The molecule has 0 N–H and O–H groups in total. The lowest BCUT2D eigenvalue weighted by molar-refractivity contribution is -0.127. The molecule has 3 saturated heterocycles. The van der Waals surface area contributed by atoms with Gasteiger partial charge in [0, 0.05) is 86.3 Å². The van der Waals surface area contributed by atoms with Crippen LogP contribution in [0.4, 0.5) is 5.69 Å². The number of Topliss-reactive ketones (excluding diaryl/α,β-unsaturated/α-hetero) is 3. The number of allylic oxidation sites excluding steroid dienone is 1. The number of carbonyl (C=O) groups excluding carboxylic acids is 3. The van der Waals surface area contributed by atoms with Gasteiger partial charge in [0.15, 0.2) is 17.3 Å². The van der Waals surface area contributed by atoms with Crippen molar-refractivity contribution in [2.45, 2.75) is 131 Å². The van der Waals surface area contributed by atoms with Gasteiger partial charge in [0.2, 0.25) is 0 Å². The highest BCUT2D eigenvalue weighted by Gasteiger charge is 2.66. The number of pyridine rings is 1. The third-order valence-corrected chi connectivity index (χ3v) is 16.9. The highest BCUT2D eigenvalue weighted by atomic mass is 16.1. The van der Waals surface area contributed by atoms with Crippen LogP contribution in [0.3, 0.4) is 0 Å². The maximum Gasteiger partial charge on any atom is 0.168 e. The number of hydrogen-bond acceptors (Lipinski definition) is 9. The monoisotopic (exact) mass is 987 g/mol. The molecule has 0 amide bonds. The Morgan fingerprint density at radius 1 is 0.630 bits per heavy atom. The molecule has 0 radical (unpaired) electrons. The second-order valence-electron chi connectivity index (χ2n) is 22.7. The van der Waals surface area contributed by atoms with Crippen LogP contribution in [-0.4, -0.2) is 108 Å². The number of hydrogen-bond donors (Lipinski definition) is 0. The first-order chi connectivity index (χ1) is 35.8. The minimum atomic E-state index is -0.289. The molecule has 390 valence electrons. The quantitative estimate of drug-likeness (QED) is 0.122. The number of ketones is 3. The fourth-order valence-corrected chi connectivity index (χ4v) is 12.3. The molecule has 5 heterocycles. The summed E-state index contributed by atoms with van der Waals surface area (Å²) < 4.78 is 0. The molecule has 0 bridgehead atoms. The van der Waals surface area contributed by atoms with Crippen LogP contribution in [0.2, 0.25) is 0 Å². The molecule has 73 heavy (non-hydrogen) atoms. The van der Waals surface area contributed by atoms with Gasteiger partial charge in [-0.1, -0.05) is 107 Å². The van der Waals surface area contributed by atoms with Gasteiger partial charge in [0.05, 0.1) is 17.1 Å². The van der Waals surface area contributed by atoms with Crippen molar-refractivity contribution in [3.8, 4) is 0 Å². The van der Waals surface area contributed by atoms with Gasteiger partial charge in [-0.15, -0.1) is 0 Å². The van der Waals surface area contributed by atoms with E-state index < -0.39 is 0 Å². The highest BCUT2D eigenvalue weighted by molar-refractivity contribution is 6.09. The molecule has 4 saturated carbocycles. The Bertz CT molecular complexity index is 2540. The largest absolute Gasteiger partial charge is 0.302 e. The summed E-state index contributed by atoms with van der Waals surface area (Å²) in [6, 6.07) is 26.9. The second kappa shape index (κ2) is 24.7. The molecule has 4 aromatic rings. The summed E-state index contributed by atoms with van der Waals surface area (Å²) in [5.41, 5.74) is 4.81. The van der Waals surface area contributed by atoms with Crippen molar-refractivity contribution < 1.29 is 14.4 Å². The van der Waals surface area contributed by atoms with E-state index in [1.54, 1.807) is 0 Å². The molecule has 6 atom stereocenters. The summed E-state index contributed by atoms with van der Waals surface area (Å²) in [5.74, 6) is 4.92. The molecule has 9 heteroatoms. The van der Waals surface area contributed by atoms with Crippen molar-refractivity contribution in [3.05, 3.63) is 114 Å². The standard InChI is InChI=1S/C20H25N3O.C20H26N2O.C20H23NO.2C2H6/c24-19(16-5-4-10-22(13-16)12-15-8-9-15)20-11-18(20)23(21-14-20)17-6-2-1-3-7-17;1-14-4-7-16-10-18(11-21-19(16)9-14)20(23)17-3-2-8-22(13-17)12-15-5-6-15;22-20(17-7-4-12-21(14-17)13-15-10-11-15)19-9-3-6-16-5-1-2-8-18(16)19;2*1-2/h1-3,6-7,14-16,18H,4-5,8-13H2;4,7,10-11,14-15,17H,2-3,5-6,8-9,12-13H2,1H3;1-3,5-6,8-9,15,17H,4,7,10-14H2;2*1-2H3. The molecule has 9 nitrogen and oxygen atoms in total. The van der Waals surface area contributed by atoms with Crippen LogP contribution in [0.1, 0.15) is 150 Å². The molecule has 7 fully saturated rings. The third-order valence-electron chi connectivity index (χ3n) is 16.9. The minimum absolute atomic E-state index is 0.161. The number of benzene rings is 3. The molecular formula is C64H86N6O3. The van der Waals surface area contributed by atoms with Crippen LogP contribution in [0.15, 0.2) is 96.2 Å². The molecule has 3 aromatic carbocycles. The number of rotatable bonds is 13. The van der Waals surface area contributed by atoms with E-state index in [9.17, 15) is 14.4 Å². The van der Waals surface area contributed by atoms with Crippen molar-refractivity contribution in [2.75, 3.05) is 63.9 Å². The lowest BCUT2D eigenvalue weighted by Gasteiger charge is -2.33. The van der Waals surface area contributed by atoms with E-state index in [0.29, 0.717) is 23.3 Å². The first kappa shape index (κ1) is 53.0. The Kier molecular flexibility index (Phi) is 17.9. The summed E-state index contributed by atoms with van der Waals surface area (Å²) >= 11 is 0. The summed E-state index contributed by atoms with van der Waals surface area (Å²) in [6.45, 7) is 20.2. The zero-order valence-electron chi connectivity index (χ0n) is 45.1. The zero-order chi connectivity index (χ0) is 50.9. The molecule has 5 aliphatic carbocycles. The van der Waals surface area contributed by atoms with Gasteiger partial charge >= 0.3 is 0 Å². The Hall–Kier alpha value is -4.83. The Morgan fingerprint density at radius 3 is 1.78 bits per heavy atom. The van der Waals surface area contributed by atoms with E-state index in [1.807, 2.05) is 82.6 Å². The van der Waals surface area contributed by atoms with Gasteiger partial charge in [-0.25, -0.2) is 0 Å². The first-order valence-corrected chi connectivity index (χ1v) is 29.1. The Balaban J connectivity index is 0.000000130. The van der Waals surface area contributed by atoms with Gasteiger partial charge in [0.25, 0.3) is 0 Å². The summed E-state index contributed by atoms with van der Waals surface area (Å²) in [5, 5.41) is 8.91. The van der Waals surface area contributed by atoms with Crippen molar-refractivity contribution in [1.82, 2.24) is 19.7 Å². The molecule has 6 unspecified atom stereocenters. The van der Waals surface area contributed by atoms with Crippen LogP contribution in [0, 0.1) is 46.8 Å². The molecular weight excluding hydrogens is 901 g/mol. The van der Waals surface area contributed by atoms with Crippen LogP contribution >= 0.6 is 0 Å². The Morgan fingerprint density at radius 2 is 1.18 bits per heavy atom. The maximum absolute atomic E-state index is 13.2.